The van der Waals surface area contributed by atoms with Gasteiger partial charge in [-0.15, -0.1) is 0 Å². The van der Waals surface area contributed by atoms with Gasteiger partial charge in [0.25, 0.3) is 0 Å². The van der Waals surface area contributed by atoms with Crippen molar-refractivity contribution in [2.45, 2.75) is 13.0 Å². The van der Waals surface area contributed by atoms with Crippen molar-refractivity contribution in [2.24, 2.45) is 0 Å². The highest BCUT2D eigenvalue weighted by molar-refractivity contribution is 9.10. The predicted molar refractivity (Wildman–Crippen MR) is 132 cm³/mol. The van der Waals surface area contributed by atoms with Gasteiger partial charge in [0.15, 0.2) is 0 Å². The molecule has 0 spiro atoms. The van der Waals surface area contributed by atoms with Gasteiger partial charge in [0.2, 0.25) is 5.95 Å². The molecule has 4 aromatic rings. The van der Waals surface area contributed by atoms with Crippen LogP contribution in [-0.2, 0) is 9.53 Å². The molecule has 1 N–H and O–H groups in total. The number of rotatable bonds is 5. The predicted octanol–water partition coefficient (Wildman–Crippen LogP) is 5.80. The second kappa shape index (κ2) is 8.75. The Morgan fingerprint density at radius 3 is 2.61 bits per heavy atom. The monoisotopic (exact) mass is 503 g/mol. The molecule has 1 atom stereocenters. The average molecular weight is 504 g/mol. The van der Waals surface area contributed by atoms with E-state index in [1.165, 1.54) is 0 Å². The number of nitrogens with zero attached hydrogens (tertiary/aromatic N) is 2. The number of benzene rings is 3. The maximum Gasteiger partial charge on any atom is 0.338 e. The smallest absolute Gasteiger partial charge is 0.338 e. The number of methoxy groups -OCH3 is 1. The van der Waals surface area contributed by atoms with Crippen LogP contribution in [0.5, 0.6) is 5.75 Å². The van der Waals surface area contributed by atoms with Crippen molar-refractivity contribution in [3.63, 3.8) is 0 Å². The van der Waals surface area contributed by atoms with Crippen LogP contribution in [0.4, 0.5) is 5.95 Å². The minimum atomic E-state index is -0.428. The standard InChI is InChI=1S/C26H22BrN3O3/c1-3-33-25(31)22-23(16-11-13-19(32-2)14-12-16)29-26-28-20-9-4-5-10-21(20)30(26)24(22)17-7-6-8-18(27)15-17/h4-15,24H,3H2,1-2H3,(H,28,29)/t24-/m1/s1. The van der Waals surface area contributed by atoms with E-state index in [9.17, 15) is 4.79 Å². The number of aromatic nitrogens is 2. The molecule has 1 aliphatic rings. The maximum absolute atomic E-state index is 13.5. The van der Waals surface area contributed by atoms with Crippen molar-refractivity contribution in [2.75, 3.05) is 19.0 Å². The van der Waals surface area contributed by atoms with E-state index in [-0.39, 0.29) is 12.6 Å². The topological polar surface area (TPSA) is 65.4 Å². The molecule has 0 saturated heterocycles. The van der Waals surface area contributed by atoms with Crippen molar-refractivity contribution in [3.8, 4) is 5.75 Å². The first-order valence-electron chi connectivity index (χ1n) is 10.7. The van der Waals surface area contributed by atoms with Crippen LogP contribution in [0.15, 0.2) is 82.8 Å². The van der Waals surface area contributed by atoms with Gasteiger partial charge in [0, 0.05) is 4.47 Å². The van der Waals surface area contributed by atoms with Crippen molar-refractivity contribution in [1.29, 1.82) is 0 Å². The number of halogens is 1. The molecule has 0 saturated carbocycles. The Labute approximate surface area is 200 Å². The number of para-hydroxylation sites is 2. The van der Waals surface area contributed by atoms with Crippen molar-refractivity contribution >= 4 is 44.6 Å². The van der Waals surface area contributed by atoms with Gasteiger partial charge in [0.05, 0.1) is 42.1 Å². The van der Waals surface area contributed by atoms with Gasteiger partial charge in [-0.2, -0.15) is 0 Å². The third kappa shape index (κ3) is 3.78. The average Bonchev–Trinajstić information content (AvgIpc) is 3.21. The number of fused-ring (bicyclic) bond motifs is 3. The van der Waals surface area contributed by atoms with Crippen LogP contribution < -0.4 is 10.1 Å². The Bertz CT molecular complexity index is 1380. The van der Waals surface area contributed by atoms with Crippen molar-refractivity contribution < 1.29 is 14.3 Å². The fourth-order valence-corrected chi connectivity index (χ4v) is 4.66. The highest BCUT2D eigenvalue weighted by Crippen LogP contribution is 2.42. The van der Waals surface area contributed by atoms with E-state index >= 15 is 0 Å². The summed E-state index contributed by atoms with van der Waals surface area (Å²) in [6.45, 7) is 2.09. The van der Waals surface area contributed by atoms with Gasteiger partial charge >= 0.3 is 5.97 Å². The molecule has 2 heterocycles. The molecule has 3 aromatic carbocycles. The van der Waals surface area contributed by atoms with Gasteiger partial charge in [-0.25, -0.2) is 9.78 Å². The zero-order valence-corrected chi connectivity index (χ0v) is 19.8. The number of carbonyl (C=O) groups is 1. The Kier molecular flexibility index (Phi) is 5.64. The Morgan fingerprint density at radius 1 is 1.09 bits per heavy atom. The molecule has 0 bridgehead atoms. The van der Waals surface area contributed by atoms with Crippen LogP contribution >= 0.6 is 15.9 Å². The molecule has 33 heavy (non-hydrogen) atoms. The van der Waals surface area contributed by atoms with Crippen molar-refractivity contribution in [3.05, 3.63) is 94.0 Å². The van der Waals surface area contributed by atoms with Crippen LogP contribution in [0.25, 0.3) is 16.7 Å². The minimum absolute atomic E-state index is 0.279. The van der Waals surface area contributed by atoms with Crippen LogP contribution in [0.3, 0.4) is 0 Å². The summed E-state index contributed by atoms with van der Waals surface area (Å²) in [5, 5.41) is 3.42. The van der Waals surface area contributed by atoms with Crippen LogP contribution in [-0.4, -0.2) is 29.2 Å². The zero-order valence-electron chi connectivity index (χ0n) is 18.2. The molecule has 0 amide bonds. The highest BCUT2D eigenvalue weighted by atomic mass is 79.9. The van der Waals surface area contributed by atoms with Gasteiger partial charge in [-0.05, 0) is 66.6 Å². The summed E-state index contributed by atoms with van der Waals surface area (Å²) in [4.78, 5) is 18.3. The van der Waals surface area contributed by atoms with E-state index < -0.39 is 6.04 Å². The summed E-state index contributed by atoms with van der Waals surface area (Å²) in [5.74, 6) is 1.04. The first-order valence-corrected chi connectivity index (χ1v) is 11.4. The molecule has 1 aliphatic heterocycles. The number of nitrogens with one attached hydrogen (secondary N) is 1. The molecule has 0 unspecified atom stereocenters. The first kappa shape index (κ1) is 21.3. The van der Waals surface area contributed by atoms with E-state index in [2.05, 4.69) is 25.8 Å². The van der Waals surface area contributed by atoms with E-state index in [4.69, 9.17) is 14.5 Å². The fraction of sp³-hybridized carbons (Fsp3) is 0.154. The normalized spacial score (nSPS) is 15.2. The molecular formula is C26H22BrN3O3. The lowest BCUT2D eigenvalue weighted by molar-refractivity contribution is -0.138. The summed E-state index contributed by atoms with van der Waals surface area (Å²) < 4.78 is 13.9. The van der Waals surface area contributed by atoms with Crippen LogP contribution in [0.2, 0.25) is 0 Å². The number of imidazole rings is 1. The molecule has 6 nitrogen and oxygen atoms in total. The van der Waals surface area contributed by atoms with Gasteiger partial charge < -0.3 is 14.8 Å². The molecule has 1 aromatic heterocycles. The Hall–Kier alpha value is -3.58. The largest absolute Gasteiger partial charge is 0.497 e. The number of hydrogen-bond donors (Lipinski definition) is 1. The summed E-state index contributed by atoms with van der Waals surface area (Å²) in [6, 6.07) is 23.1. The summed E-state index contributed by atoms with van der Waals surface area (Å²) in [7, 11) is 1.63. The zero-order chi connectivity index (χ0) is 22.9. The summed E-state index contributed by atoms with van der Waals surface area (Å²) in [6.07, 6.45) is 0. The Morgan fingerprint density at radius 2 is 1.88 bits per heavy atom. The fourth-order valence-electron chi connectivity index (χ4n) is 4.24. The second-order valence-electron chi connectivity index (χ2n) is 7.61. The maximum atomic E-state index is 13.5. The Balaban J connectivity index is 1.81. The van der Waals surface area contributed by atoms with Crippen molar-refractivity contribution in [1.82, 2.24) is 9.55 Å². The SMILES string of the molecule is CCOC(=O)C1=C(c2ccc(OC)cc2)Nc2nc3ccccc3n2[C@@H]1c1cccc(Br)c1. The molecule has 0 radical (unpaired) electrons. The van der Waals surface area contributed by atoms with E-state index in [0.29, 0.717) is 17.2 Å². The van der Waals surface area contributed by atoms with Crippen LogP contribution in [0, 0.1) is 0 Å². The molecule has 7 heteroatoms. The van der Waals surface area contributed by atoms with Gasteiger partial charge in [-0.1, -0.05) is 40.2 Å². The third-order valence-corrected chi connectivity index (χ3v) is 6.17. The summed E-state index contributed by atoms with van der Waals surface area (Å²) >= 11 is 3.59. The lowest BCUT2D eigenvalue weighted by Crippen LogP contribution is -2.29. The molecule has 5 rings (SSSR count). The summed E-state index contributed by atoms with van der Waals surface area (Å²) in [5.41, 5.74) is 4.76. The quantitative estimate of drug-likeness (QED) is 0.348. The third-order valence-electron chi connectivity index (χ3n) is 5.67. The number of carbonyl (C=O) groups excluding carboxylic acids is 1. The number of ether oxygens (including phenoxy) is 2. The second-order valence-corrected chi connectivity index (χ2v) is 8.53. The number of esters is 1. The molecular weight excluding hydrogens is 482 g/mol. The van der Waals surface area contributed by atoms with Gasteiger partial charge in [-0.3, -0.25) is 4.57 Å². The molecule has 0 fully saturated rings. The number of hydrogen-bond acceptors (Lipinski definition) is 5. The van der Waals surface area contributed by atoms with Gasteiger partial charge in [0.1, 0.15) is 5.75 Å². The number of anilines is 1. The first-order chi connectivity index (χ1) is 16.1. The lowest BCUT2D eigenvalue weighted by Gasteiger charge is -2.31. The minimum Gasteiger partial charge on any atom is -0.497 e. The van der Waals surface area contributed by atoms with E-state index in [1.54, 1.807) is 7.11 Å². The lowest BCUT2D eigenvalue weighted by atomic mass is 9.92. The van der Waals surface area contributed by atoms with E-state index in [1.807, 2.05) is 79.7 Å². The van der Waals surface area contributed by atoms with E-state index in [0.717, 1.165) is 32.4 Å². The molecule has 166 valence electrons. The molecule has 0 aliphatic carbocycles. The van der Waals surface area contributed by atoms with Crippen LogP contribution in [0.1, 0.15) is 24.1 Å². The highest BCUT2D eigenvalue weighted by Gasteiger charge is 2.36.